The molecule has 1 N–H and O–H groups in total. The van der Waals surface area contributed by atoms with Gasteiger partial charge in [0.1, 0.15) is 22.7 Å². The zero-order valence-electron chi connectivity index (χ0n) is 16.6. The minimum absolute atomic E-state index is 0.192. The molecule has 0 aliphatic heterocycles. The van der Waals surface area contributed by atoms with E-state index in [2.05, 4.69) is 5.43 Å². The highest BCUT2D eigenvalue weighted by atomic mass is 16.6. The van der Waals surface area contributed by atoms with Crippen molar-refractivity contribution in [3.63, 3.8) is 0 Å². The molecule has 8 heteroatoms. The van der Waals surface area contributed by atoms with E-state index in [9.17, 15) is 9.59 Å². The molecular weight excluding hydrogens is 340 g/mol. The van der Waals surface area contributed by atoms with Crippen LogP contribution in [0, 0.1) is 0 Å². The van der Waals surface area contributed by atoms with Crippen molar-refractivity contribution in [3.8, 4) is 11.5 Å². The van der Waals surface area contributed by atoms with Crippen LogP contribution in [-0.2, 0) is 9.47 Å². The van der Waals surface area contributed by atoms with E-state index in [1.807, 2.05) is 0 Å². The van der Waals surface area contributed by atoms with Crippen molar-refractivity contribution in [2.24, 2.45) is 0 Å². The van der Waals surface area contributed by atoms with Crippen LogP contribution in [0.4, 0.5) is 15.3 Å². The molecule has 0 aromatic heterocycles. The number of hydrogen-bond donors (Lipinski definition) is 1. The van der Waals surface area contributed by atoms with Crippen LogP contribution in [0.5, 0.6) is 11.5 Å². The monoisotopic (exact) mass is 368 g/mol. The summed E-state index contributed by atoms with van der Waals surface area (Å²) in [5, 5.41) is 0.914. The van der Waals surface area contributed by atoms with E-state index in [4.69, 9.17) is 18.9 Å². The second-order valence-electron chi connectivity index (χ2n) is 7.44. The molecule has 0 saturated carbocycles. The molecule has 146 valence electrons. The van der Waals surface area contributed by atoms with E-state index in [-0.39, 0.29) is 5.69 Å². The number of carbonyl (C=O) groups excluding carboxylic acids is 2. The summed E-state index contributed by atoms with van der Waals surface area (Å²) >= 11 is 0. The van der Waals surface area contributed by atoms with E-state index in [0.29, 0.717) is 11.5 Å². The molecule has 0 fully saturated rings. The molecule has 0 spiro atoms. The number of carbonyl (C=O) groups is 2. The lowest BCUT2D eigenvalue weighted by Gasteiger charge is -2.30. The first-order chi connectivity index (χ1) is 11.9. The standard InChI is InChI=1S/C18H28N2O6/c1-17(2,3)25-15(21)19-20(16(22)26-18(4,5)6)14-12(23-7)10-9-11-13(14)24-8/h9-11H,1-8H3,(H,19,21). The number of anilines is 1. The second-order valence-corrected chi connectivity index (χ2v) is 7.44. The maximum atomic E-state index is 12.7. The smallest absolute Gasteiger partial charge is 0.434 e. The first-order valence-corrected chi connectivity index (χ1v) is 8.11. The highest BCUT2D eigenvalue weighted by Crippen LogP contribution is 2.37. The minimum atomic E-state index is -0.823. The van der Waals surface area contributed by atoms with Gasteiger partial charge in [0.25, 0.3) is 0 Å². The number of hydrazine groups is 1. The van der Waals surface area contributed by atoms with Crippen LogP contribution < -0.4 is 19.9 Å². The van der Waals surface area contributed by atoms with Crippen LogP contribution in [0.25, 0.3) is 0 Å². The van der Waals surface area contributed by atoms with Crippen LogP contribution >= 0.6 is 0 Å². The third-order valence-electron chi connectivity index (χ3n) is 2.80. The summed E-state index contributed by atoms with van der Waals surface area (Å²) in [5.41, 5.74) is 1.07. The summed E-state index contributed by atoms with van der Waals surface area (Å²) in [6.45, 7) is 10.3. The minimum Gasteiger partial charge on any atom is -0.494 e. The topological polar surface area (TPSA) is 86.3 Å². The van der Waals surface area contributed by atoms with Gasteiger partial charge in [-0.3, -0.25) is 0 Å². The first-order valence-electron chi connectivity index (χ1n) is 8.11. The number of ether oxygens (including phenoxy) is 4. The second kappa shape index (κ2) is 8.16. The summed E-state index contributed by atoms with van der Waals surface area (Å²) < 4.78 is 21.2. The molecule has 0 atom stereocenters. The predicted molar refractivity (Wildman–Crippen MR) is 97.6 cm³/mol. The number of benzene rings is 1. The average Bonchev–Trinajstić information content (AvgIpc) is 2.48. The molecule has 26 heavy (non-hydrogen) atoms. The van der Waals surface area contributed by atoms with Gasteiger partial charge in [-0.1, -0.05) is 6.07 Å². The lowest BCUT2D eigenvalue weighted by molar-refractivity contribution is 0.0423. The third-order valence-corrected chi connectivity index (χ3v) is 2.80. The van der Waals surface area contributed by atoms with E-state index >= 15 is 0 Å². The molecule has 0 heterocycles. The predicted octanol–water partition coefficient (Wildman–Crippen LogP) is 3.89. The Balaban J connectivity index is 3.33. The molecule has 8 nitrogen and oxygen atoms in total. The van der Waals surface area contributed by atoms with Crippen molar-refractivity contribution < 1.29 is 28.5 Å². The SMILES string of the molecule is COc1cccc(OC)c1N(NC(=O)OC(C)(C)C)C(=O)OC(C)(C)C. The van der Waals surface area contributed by atoms with Crippen molar-refractivity contribution in [3.05, 3.63) is 18.2 Å². The van der Waals surface area contributed by atoms with E-state index in [1.165, 1.54) is 14.2 Å². The van der Waals surface area contributed by atoms with Crippen molar-refractivity contribution >= 4 is 17.9 Å². The molecule has 0 bridgehead atoms. The van der Waals surface area contributed by atoms with E-state index < -0.39 is 23.4 Å². The number of nitrogens with zero attached hydrogens (tertiary/aromatic N) is 1. The molecule has 2 amide bonds. The number of para-hydroxylation sites is 1. The molecule has 0 aliphatic rings. The van der Waals surface area contributed by atoms with Crippen molar-refractivity contribution in [2.75, 3.05) is 19.2 Å². The normalized spacial score (nSPS) is 11.4. The number of amides is 2. The fourth-order valence-corrected chi connectivity index (χ4v) is 1.94. The Bertz CT molecular complexity index is 624. The number of hydrogen-bond acceptors (Lipinski definition) is 6. The summed E-state index contributed by atoms with van der Waals surface area (Å²) in [4.78, 5) is 25.0. The van der Waals surface area contributed by atoms with Crippen LogP contribution in [0.15, 0.2) is 18.2 Å². The molecule has 1 rings (SSSR count). The first kappa shape index (κ1) is 21.4. The zero-order chi connectivity index (χ0) is 20.1. The van der Waals surface area contributed by atoms with Crippen molar-refractivity contribution in [2.45, 2.75) is 52.7 Å². The molecule has 1 aromatic carbocycles. The van der Waals surface area contributed by atoms with Gasteiger partial charge in [-0.2, -0.15) is 5.01 Å². The average molecular weight is 368 g/mol. The Morgan fingerprint density at radius 2 is 1.35 bits per heavy atom. The zero-order valence-corrected chi connectivity index (χ0v) is 16.6. The van der Waals surface area contributed by atoms with Gasteiger partial charge >= 0.3 is 12.2 Å². The van der Waals surface area contributed by atoms with Gasteiger partial charge in [0, 0.05) is 0 Å². The van der Waals surface area contributed by atoms with Gasteiger partial charge in [0.15, 0.2) is 5.69 Å². The fraction of sp³-hybridized carbons (Fsp3) is 0.556. The maximum absolute atomic E-state index is 12.7. The number of rotatable bonds is 3. The van der Waals surface area contributed by atoms with Gasteiger partial charge in [0.2, 0.25) is 0 Å². The van der Waals surface area contributed by atoms with Gasteiger partial charge in [-0.25, -0.2) is 15.0 Å². The summed E-state index contributed by atoms with van der Waals surface area (Å²) in [5.74, 6) is 0.623. The molecule has 0 unspecified atom stereocenters. The fourth-order valence-electron chi connectivity index (χ4n) is 1.94. The quantitative estimate of drug-likeness (QED) is 0.815. The Kier molecular flexibility index (Phi) is 6.72. The molecule has 0 aliphatic carbocycles. The van der Waals surface area contributed by atoms with Crippen molar-refractivity contribution in [1.29, 1.82) is 0 Å². The maximum Gasteiger partial charge on any atom is 0.434 e. The Labute approximate surface area is 154 Å². The lowest BCUT2D eigenvalue weighted by Crippen LogP contribution is -2.50. The highest BCUT2D eigenvalue weighted by molar-refractivity contribution is 5.94. The number of nitrogens with one attached hydrogen (secondary N) is 1. The molecule has 0 radical (unpaired) electrons. The van der Waals surface area contributed by atoms with E-state index in [1.54, 1.807) is 59.7 Å². The van der Waals surface area contributed by atoms with Crippen LogP contribution in [-0.4, -0.2) is 37.6 Å². The van der Waals surface area contributed by atoms with Crippen LogP contribution in [0.2, 0.25) is 0 Å². The van der Waals surface area contributed by atoms with Gasteiger partial charge in [-0.05, 0) is 53.7 Å². The Hall–Kier alpha value is -2.64. The lowest BCUT2D eigenvalue weighted by atomic mass is 10.2. The molecular formula is C18H28N2O6. The van der Waals surface area contributed by atoms with Crippen LogP contribution in [0.3, 0.4) is 0 Å². The van der Waals surface area contributed by atoms with Gasteiger partial charge in [0.05, 0.1) is 14.2 Å². The summed E-state index contributed by atoms with van der Waals surface area (Å²) in [7, 11) is 2.89. The largest absolute Gasteiger partial charge is 0.494 e. The Morgan fingerprint density at radius 1 is 0.885 bits per heavy atom. The molecule has 1 aromatic rings. The molecule has 0 saturated heterocycles. The van der Waals surface area contributed by atoms with Gasteiger partial charge in [-0.15, -0.1) is 0 Å². The van der Waals surface area contributed by atoms with Gasteiger partial charge < -0.3 is 18.9 Å². The summed E-state index contributed by atoms with van der Waals surface area (Å²) in [6, 6.07) is 4.96. The van der Waals surface area contributed by atoms with E-state index in [0.717, 1.165) is 5.01 Å². The number of methoxy groups -OCH3 is 2. The third kappa shape index (κ3) is 6.34. The summed E-state index contributed by atoms with van der Waals surface area (Å²) in [6.07, 6.45) is -1.64. The highest BCUT2D eigenvalue weighted by Gasteiger charge is 2.31. The Morgan fingerprint density at radius 3 is 1.73 bits per heavy atom. The van der Waals surface area contributed by atoms with Crippen molar-refractivity contribution in [1.82, 2.24) is 5.43 Å². The van der Waals surface area contributed by atoms with Crippen LogP contribution in [0.1, 0.15) is 41.5 Å².